The lowest BCUT2D eigenvalue weighted by Gasteiger charge is -2.11. The smallest absolute Gasteiger partial charge is 0.160 e. The summed E-state index contributed by atoms with van der Waals surface area (Å²) in [6.45, 7) is 0. The van der Waals surface area contributed by atoms with E-state index in [-0.39, 0.29) is 0 Å². The number of aromatic nitrogens is 4. The normalized spacial score (nSPS) is 11.5. The molecule has 0 aliphatic rings. The van der Waals surface area contributed by atoms with Crippen LogP contribution in [0, 0.1) is 0 Å². The van der Waals surface area contributed by atoms with E-state index < -0.39 is 0 Å². The Morgan fingerprint density at radius 1 is 0.387 bits per heavy atom. The highest BCUT2D eigenvalue weighted by atomic mass is 16.3. The first-order chi connectivity index (χ1) is 30.7. The number of para-hydroxylation sites is 1. The highest BCUT2D eigenvalue weighted by molar-refractivity contribution is 6.12. The zero-order valence-electron chi connectivity index (χ0n) is 33.5. The predicted molar refractivity (Wildman–Crippen MR) is 254 cm³/mol. The van der Waals surface area contributed by atoms with Gasteiger partial charge in [0.25, 0.3) is 0 Å². The molecule has 0 spiro atoms. The van der Waals surface area contributed by atoms with Crippen molar-refractivity contribution in [3.63, 3.8) is 0 Å². The molecule has 5 heteroatoms. The first kappa shape index (κ1) is 35.5. The quantitative estimate of drug-likeness (QED) is 0.161. The van der Waals surface area contributed by atoms with Crippen LogP contribution >= 0.6 is 0 Å². The number of nitrogens with zero attached hydrogens (tertiary/aromatic N) is 4. The van der Waals surface area contributed by atoms with Crippen LogP contribution in [0.3, 0.4) is 0 Å². The van der Waals surface area contributed by atoms with Crippen LogP contribution in [0.25, 0.3) is 117 Å². The van der Waals surface area contributed by atoms with Gasteiger partial charge in [0.15, 0.2) is 5.82 Å². The molecule has 12 rings (SSSR count). The molecule has 0 atom stereocenters. The molecule has 12 aromatic rings. The third-order valence-electron chi connectivity index (χ3n) is 11.8. The molecule has 0 amide bonds. The number of hydrogen-bond acceptors (Lipinski definition) is 4. The van der Waals surface area contributed by atoms with E-state index >= 15 is 0 Å². The first-order valence-corrected chi connectivity index (χ1v) is 20.9. The van der Waals surface area contributed by atoms with Crippen LogP contribution in [0.5, 0.6) is 0 Å². The fraction of sp³-hybridized carbons (Fsp3) is 0. The number of hydrogen-bond donors (Lipinski definition) is 0. The maximum atomic E-state index is 6.25. The van der Waals surface area contributed by atoms with Gasteiger partial charge in [0.05, 0.1) is 22.6 Å². The molecule has 0 fully saturated rings. The molecule has 0 saturated heterocycles. The summed E-state index contributed by atoms with van der Waals surface area (Å²) in [5, 5.41) is 9.97. The minimum atomic E-state index is 0.656. The highest BCUT2D eigenvalue weighted by Crippen LogP contribution is 2.42. The molecule has 8 aromatic carbocycles. The Morgan fingerprint density at radius 3 is 1.71 bits per heavy atom. The summed E-state index contributed by atoms with van der Waals surface area (Å²) in [4.78, 5) is 10.5. The average Bonchev–Trinajstić information content (AvgIpc) is 3.95. The van der Waals surface area contributed by atoms with Crippen molar-refractivity contribution >= 4 is 38.2 Å². The average molecular weight is 793 g/mol. The van der Waals surface area contributed by atoms with Gasteiger partial charge < -0.3 is 4.42 Å². The molecule has 0 unspecified atom stereocenters. The van der Waals surface area contributed by atoms with E-state index in [1.54, 1.807) is 0 Å². The molecule has 0 aliphatic carbocycles. The van der Waals surface area contributed by atoms with Crippen molar-refractivity contribution in [1.82, 2.24) is 19.6 Å². The predicted octanol–water partition coefficient (Wildman–Crippen LogP) is 14.8. The summed E-state index contributed by atoms with van der Waals surface area (Å²) in [6, 6.07) is 76.1. The number of benzene rings is 8. The van der Waals surface area contributed by atoms with Crippen LogP contribution in [-0.2, 0) is 0 Å². The summed E-state index contributed by atoms with van der Waals surface area (Å²) in [5.41, 5.74) is 16.0. The lowest BCUT2D eigenvalue weighted by atomic mass is 9.96. The van der Waals surface area contributed by atoms with Crippen molar-refractivity contribution in [3.8, 4) is 78.7 Å². The van der Waals surface area contributed by atoms with E-state index in [0.29, 0.717) is 5.82 Å². The van der Waals surface area contributed by atoms with Crippen molar-refractivity contribution in [2.45, 2.75) is 0 Å². The van der Waals surface area contributed by atoms with Crippen LogP contribution in [-0.4, -0.2) is 19.6 Å². The standard InChI is InChI=1S/C57H36N4O/c1-4-16-37(17-5-1)48-36-49(59-57(58-48)44-24-14-23-42(34-44)45-27-15-29-52-54(45)47-26-12-13-28-51(47)62-52)38-30-32-41(33-31-38)55-53(40-20-8-3-9-21-40)56-46-25-11-10-22-43(46)35-50(61(56)60-55)39-18-6-2-7-19-39/h1-36H. The Bertz CT molecular complexity index is 3610. The molecule has 4 aromatic heterocycles. The molecular formula is C57H36N4O. The lowest BCUT2D eigenvalue weighted by Crippen LogP contribution is -1.96. The maximum Gasteiger partial charge on any atom is 0.160 e. The molecular weight excluding hydrogens is 757 g/mol. The van der Waals surface area contributed by atoms with Crippen LogP contribution in [0.15, 0.2) is 223 Å². The molecule has 0 saturated carbocycles. The number of rotatable bonds is 7. The second-order valence-corrected chi connectivity index (χ2v) is 15.6. The number of furan rings is 1. The van der Waals surface area contributed by atoms with Gasteiger partial charge in [-0.05, 0) is 52.4 Å². The van der Waals surface area contributed by atoms with Gasteiger partial charge in [-0.25, -0.2) is 14.5 Å². The summed E-state index contributed by atoms with van der Waals surface area (Å²) >= 11 is 0. The lowest BCUT2D eigenvalue weighted by molar-refractivity contribution is 0.669. The molecule has 290 valence electrons. The largest absolute Gasteiger partial charge is 0.456 e. The Labute approximate surface area is 357 Å². The fourth-order valence-corrected chi connectivity index (χ4v) is 8.90. The van der Waals surface area contributed by atoms with Gasteiger partial charge in [-0.1, -0.05) is 188 Å². The van der Waals surface area contributed by atoms with Gasteiger partial charge in [-0.2, -0.15) is 5.10 Å². The number of fused-ring (bicyclic) bond motifs is 6. The Hall–Kier alpha value is -8.41. The van der Waals surface area contributed by atoms with Crippen molar-refractivity contribution in [2.75, 3.05) is 0 Å². The molecule has 0 N–H and O–H groups in total. The molecule has 5 nitrogen and oxygen atoms in total. The minimum absolute atomic E-state index is 0.656. The Kier molecular flexibility index (Phi) is 8.42. The highest BCUT2D eigenvalue weighted by Gasteiger charge is 2.22. The summed E-state index contributed by atoms with van der Waals surface area (Å²) in [7, 11) is 0. The van der Waals surface area contributed by atoms with Gasteiger partial charge >= 0.3 is 0 Å². The maximum absolute atomic E-state index is 6.25. The zero-order chi connectivity index (χ0) is 41.0. The zero-order valence-corrected chi connectivity index (χ0v) is 33.5. The summed E-state index contributed by atoms with van der Waals surface area (Å²) < 4.78 is 8.39. The third kappa shape index (κ3) is 6.06. The van der Waals surface area contributed by atoms with Gasteiger partial charge in [0.1, 0.15) is 16.9 Å². The van der Waals surface area contributed by atoms with Gasteiger partial charge in [0, 0.05) is 49.5 Å². The van der Waals surface area contributed by atoms with Crippen molar-refractivity contribution in [2.24, 2.45) is 0 Å². The van der Waals surface area contributed by atoms with Crippen LogP contribution in [0.4, 0.5) is 0 Å². The third-order valence-corrected chi connectivity index (χ3v) is 11.8. The van der Waals surface area contributed by atoms with E-state index in [1.807, 2.05) is 36.4 Å². The molecule has 62 heavy (non-hydrogen) atoms. The van der Waals surface area contributed by atoms with Crippen molar-refractivity contribution in [3.05, 3.63) is 218 Å². The van der Waals surface area contributed by atoms with E-state index in [2.05, 4.69) is 187 Å². The molecule has 0 aliphatic heterocycles. The van der Waals surface area contributed by atoms with E-state index in [1.165, 1.54) is 5.39 Å². The number of pyridine rings is 1. The van der Waals surface area contributed by atoms with Crippen LogP contribution < -0.4 is 0 Å². The second kappa shape index (κ2) is 14.7. The minimum Gasteiger partial charge on any atom is -0.456 e. The SMILES string of the molecule is c1ccc(-c2cc(-c3ccc(-c4nn5c(-c6ccccc6)cc6ccccc6c5c4-c4ccccc4)cc3)nc(-c3cccc(-c4cccc5oc6ccccc6c45)c3)n2)cc1. The van der Waals surface area contributed by atoms with Crippen LogP contribution in [0.1, 0.15) is 0 Å². The van der Waals surface area contributed by atoms with Crippen LogP contribution in [0.2, 0.25) is 0 Å². The Balaban J connectivity index is 1.00. The summed E-state index contributed by atoms with van der Waals surface area (Å²) in [5.74, 6) is 0.656. The first-order valence-electron chi connectivity index (χ1n) is 20.9. The van der Waals surface area contributed by atoms with Crippen molar-refractivity contribution in [1.29, 1.82) is 0 Å². The molecule has 0 radical (unpaired) electrons. The fourth-order valence-electron chi connectivity index (χ4n) is 8.90. The summed E-state index contributed by atoms with van der Waals surface area (Å²) in [6.07, 6.45) is 0. The van der Waals surface area contributed by atoms with Gasteiger partial charge in [-0.3, -0.25) is 0 Å². The monoisotopic (exact) mass is 792 g/mol. The molecule has 0 bridgehead atoms. The van der Waals surface area contributed by atoms with E-state index in [4.69, 9.17) is 19.5 Å². The van der Waals surface area contributed by atoms with Gasteiger partial charge in [-0.15, -0.1) is 0 Å². The topological polar surface area (TPSA) is 56.2 Å². The van der Waals surface area contributed by atoms with Crippen molar-refractivity contribution < 1.29 is 4.42 Å². The van der Waals surface area contributed by atoms with E-state index in [9.17, 15) is 0 Å². The van der Waals surface area contributed by atoms with Gasteiger partial charge in [0.2, 0.25) is 0 Å². The van der Waals surface area contributed by atoms with E-state index in [0.717, 1.165) is 106 Å². The Morgan fingerprint density at radius 2 is 0.952 bits per heavy atom. The molecule has 4 heterocycles. The second-order valence-electron chi connectivity index (χ2n) is 15.6.